The number of hydrogen-bond donors (Lipinski definition) is 1. The number of benzene rings is 3. The van der Waals surface area contributed by atoms with Crippen molar-refractivity contribution < 1.29 is 38.2 Å². The zero-order valence-corrected chi connectivity index (χ0v) is 24.8. The Kier molecular flexibility index (Phi) is 9.44. The first-order valence-corrected chi connectivity index (χ1v) is 14.4. The van der Waals surface area contributed by atoms with Gasteiger partial charge in [-0.05, 0) is 44.4 Å². The molecule has 0 saturated carbocycles. The number of hydrogen-bond acceptors (Lipinski definition) is 10. The van der Waals surface area contributed by atoms with Gasteiger partial charge in [0.25, 0.3) is 5.69 Å². The Morgan fingerprint density at radius 2 is 1.52 bits per heavy atom. The van der Waals surface area contributed by atoms with Crippen LogP contribution in [0.3, 0.4) is 0 Å². The number of unbranched alkanes of at least 4 members (excludes halogenated alkanes) is 1. The number of nitro groups is 1. The van der Waals surface area contributed by atoms with E-state index in [0.717, 1.165) is 28.9 Å². The molecular weight excluding hydrogens is 568 g/mol. The van der Waals surface area contributed by atoms with Crippen LogP contribution in [0.25, 0.3) is 10.8 Å². The van der Waals surface area contributed by atoms with Crippen LogP contribution in [0, 0.1) is 10.1 Å². The molecule has 3 aromatic carbocycles. The lowest BCUT2D eigenvalue weighted by molar-refractivity contribution is -0.384. The van der Waals surface area contributed by atoms with Gasteiger partial charge >= 0.3 is 11.9 Å². The smallest absolute Gasteiger partial charge is 0.336 e. The molecule has 0 radical (unpaired) electrons. The summed E-state index contributed by atoms with van der Waals surface area (Å²) in [7, 11) is 1.24. The van der Waals surface area contributed by atoms with Gasteiger partial charge in [0, 0.05) is 34.3 Å². The molecule has 11 heteroatoms. The zero-order chi connectivity index (χ0) is 31.2. The summed E-state index contributed by atoms with van der Waals surface area (Å²) in [4.78, 5) is 37.2. The van der Waals surface area contributed by atoms with Gasteiger partial charge in [-0.3, -0.25) is 10.1 Å². The minimum Gasteiger partial charge on any atom is -0.493 e. The number of dihydropyridines is 1. The summed E-state index contributed by atoms with van der Waals surface area (Å²) in [5, 5.41) is 16.4. The second-order valence-electron chi connectivity index (χ2n) is 10.5. The van der Waals surface area contributed by atoms with Crippen LogP contribution in [-0.4, -0.2) is 56.5 Å². The van der Waals surface area contributed by atoms with E-state index in [4.69, 9.17) is 23.7 Å². The van der Waals surface area contributed by atoms with E-state index < -0.39 is 22.8 Å². The van der Waals surface area contributed by atoms with Gasteiger partial charge in [0.05, 0.1) is 48.9 Å². The molecule has 0 bridgehead atoms. The monoisotopic (exact) mass is 602 g/mol. The van der Waals surface area contributed by atoms with Crippen LogP contribution < -0.4 is 14.8 Å². The molecule has 2 unspecified atom stereocenters. The van der Waals surface area contributed by atoms with Gasteiger partial charge in [-0.2, -0.15) is 0 Å². The zero-order valence-electron chi connectivity index (χ0n) is 24.8. The normalized spacial score (nSPS) is 17.6. The summed E-state index contributed by atoms with van der Waals surface area (Å²) in [6.07, 6.45) is 1.32. The Morgan fingerprint density at radius 3 is 2.16 bits per heavy atom. The van der Waals surface area contributed by atoms with Gasteiger partial charge in [-0.15, -0.1) is 0 Å². The fourth-order valence-electron chi connectivity index (χ4n) is 5.28. The third-order valence-electron chi connectivity index (χ3n) is 7.50. The molecule has 1 saturated heterocycles. The van der Waals surface area contributed by atoms with Gasteiger partial charge < -0.3 is 29.0 Å². The molecule has 1 fully saturated rings. The highest BCUT2D eigenvalue weighted by atomic mass is 16.6. The third-order valence-corrected chi connectivity index (χ3v) is 7.50. The van der Waals surface area contributed by atoms with Crippen molar-refractivity contribution in [3.05, 3.63) is 98.9 Å². The second-order valence-corrected chi connectivity index (χ2v) is 10.5. The number of non-ortho nitro benzene ring substituents is 1. The van der Waals surface area contributed by atoms with Crippen LogP contribution in [0.5, 0.6) is 11.5 Å². The van der Waals surface area contributed by atoms with Crippen LogP contribution in [0.4, 0.5) is 5.69 Å². The molecule has 5 rings (SSSR count). The Bertz CT molecular complexity index is 1640. The van der Waals surface area contributed by atoms with E-state index >= 15 is 0 Å². The lowest BCUT2D eigenvalue weighted by atomic mass is 9.80. The number of nitro benzene ring substituents is 1. The predicted octanol–water partition coefficient (Wildman–Crippen LogP) is 5.34. The average Bonchev–Trinajstić information content (AvgIpc) is 3.85. The minimum absolute atomic E-state index is 0.119. The average molecular weight is 603 g/mol. The molecule has 2 aliphatic heterocycles. The first kappa shape index (κ1) is 30.6. The lowest BCUT2D eigenvalue weighted by Gasteiger charge is -2.30. The van der Waals surface area contributed by atoms with E-state index in [-0.39, 0.29) is 29.5 Å². The molecule has 11 nitrogen and oxygen atoms in total. The molecule has 3 aromatic rings. The van der Waals surface area contributed by atoms with Crippen LogP contribution in [0.1, 0.15) is 38.2 Å². The number of allylic oxidation sites excluding steroid dienone is 2. The first-order valence-electron chi connectivity index (χ1n) is 14.4. The molecular formula is C33H34N2O9. The number of nitrogens with one attached hydrogen (secondary N) is 1. The quantitative estimate of drug-likeness (QED) is 0.0897. The van der Waals surface area contributed by atoms with Crippen molar-refractivity contribution in [3.8, 4) is 11.5 Å². The Balaban J connectivity index is 1.21. The Hall–Kier alpha value is -4.90. The fourth-order valence-corrected chi connectivity index (χ4v) is 5.28. The number of carbonyl (C=O) groups excluding carboxylic acids is 2. The first-order chi connectivity index (χ1) is 21.3. The molecule has 2 atom stereocenters. The van der Waals surface area contributed by atoms with Crippen LogP contribution in [0.2, 0.25) is 0 Å². The van der Waals surface area contributed by atoms with Gasteiger partial charge in [-0.1, -0.05) is 36.4 Å². The molecule has 0 amide bonds. The molecule has 0 spiro atoms. The molecule has 230 valence electrons. The van der Waals surface area contributed by atoms with Crippen molar-refractivity contribution in [2.24, 2.45) is 0 Å². The molecule has 44 heavy (non-hydrogen) atoms. The van der Waals surface area contributed by atoms with E-state index in [1.807, 2.05) is 36.4 Å². The number of rotatable bonds is 13. The molecule has 2 heterocycles. The minimum atomic E-state index is -0.906. The van der Waals surface area contributed by atoms with Crippen molar-refractivity contribution in [2.45, 2.75) is 38.7 Å². The van der Waals surface area contributed by atoms with E-state index in [0.29, 0.717) is 43.0 Å². The van der Waals surface area contributed by atoms with E-state index in [9.17, 15) is 19.7 Å². The summed E-state index contributed by atoms with van der Waals surface area (Å²) < 4.78 is 27.9. The van der Waals surface area contributed by atoms with Crippen molar-refractivity contribution >= 4 is 28.4 Å². The number of methoxy groups -OCH3 is 1. The van der Waals surface area contributed by atoms with Gasteiger partial charge in [-0.25, -0.2) is 9.59 Å². The molecule has 2 aliphatic rings. The van der Waals surface area contributed by atoms with Crippen molar-refractivity contribution in [1.29, 1.82) is 0 Å². The van der Waals surface area contributed by atoms with E-state index in [1.165, 1.54) is 25.3 Å². The van der Waals surface area contributed by atoms with Crippen molar-refractivity contribution in [2.75, 3.05) is 33.5 Å². The van der Waals surface area contributed by atoms with Gasteiger partial charge in [0.1, 0.15) is 24.2 Å². The topological polar surface area (TPSA) is 139 Å². The molecule has 0 aliphatic carbocycles. The molecule has 0 aromatic heterocycles. The summed E-state index contributed by atoms with van der Waals surface area (Å²) in [6, 6.07) is 17.5. The number of epoxide rings is 1. The number of carbonyl (C=O) groups is 2. The maximum Gasteiger partial charge on any atom is 0.336 e. The standard InChI is InChI=1S/C33H34N2O9/c1-20-29(32(36)40-3)31(22-9-6-10-23(17-22)35(38)39)30(21(2)34-20)33(37)42-16-5-4-15-41-27-13-7-12-26-25(27)11-8-14-28(26)44-19-24-18-43-24/h6-14,17,24,31,34H,4-5,15-16,18-19H2,1-3H3. The summed E-state index contributed by atoms with van der Waals surface area (Å²) in [5.74, 6) is -0.665. The predicted molar refractivity (Wildman–Crippen MR) is 161 cm³/mol. The number of nitrogens with zero attached hydrogens (tertiary/aromatic N) is 1. The van der Waals surface area contributed by atoms with Crippen molar-refractivity contribution in [3.63, 3.8) is 0 Å². The maximum absolute atomic E-state index is 13.4. The highest BCUT2D eigenvalue weighted by molar-refractivity contribution is 6.00. The van der Waals surface area contributed by atoms with Crippen molar-refractivity contribution in [1.82, 2.24) is 5.32 Å². The second kappa shape index (κ2) is 13.6. The van der Waals surface area contributed by atoms with E-state index in [1.54, 1.807) is 19.9 Å². The number of fused-ring (bicyclic) bond motifs is 1. The Labute approximate surface area is 254 Å². The molecule has 1 N–H and O–H groups in total. The highest BCUT2D eigenvalue weighted by Crippen LogP contribution is 2.40. The third kappa shape index (κ3) is 6.84. The van der Waals surface area contributed by atoms with Crippen LogP contribution in [-0.2, 0) is 23.8 Å². The largest absolute Gasteiger partial charge is 0.493 e. The van der Waals surface area contributed by atoms with Crippen LogP contribution >= 0.6 is 0 Å². The fraction of sp³-hybridized carbons (Fsp3) is 0.333. The summed E-state index contributed by atoms with van der Waals surface area (Å²) >= 11 is 0. The summed E-state index contributed by atoms with van der Waals surface area (Å²) in [6.45, 7) is 5.16. The SMILES string of the molecule is COC(=O)C1=C(C)NC(C)=C(C(=O)OCCCCOc2cccc3c(OCC4CO4)cccc23)C1c1cccc([N+](=O)[O-])c1. The summed E-state index contributed by atoms with van der Waals surface area (Å²) in [5.41, 5.74) is 1.60. The Morgan fingerprint density at radius 1 is 0.909 bits per heavy atom. The maximum atomic E-state index is 13.4. The number of esters is 2. The lowest BCUT2D eigenvalue weighted by Crippen LogP contribution is -2.32. The van der Waals surface area contributed by atoms with Gasteiger partial charge in [0.15, 0.2) is 0 Å². The number of ether oxygens (including phenoxy) is 5. The van der Waals surface area contributed by atoms with Crippen LogP contribution in [0.15, 0.2) is 83.2 Å². The van der Waals surface area contributed by atoms with E-state index in [2.05, 4.69) is 5.32 Å². The highest BCUT2D eigenvalue weighted by Gasteiger charge is 2.38. The van der Waals surface area contributed by atoms with Gasteiger partial charge in [0.2, 0.25) is 0 Å².